The number of carbonyl (C=O) groups is 2. The van der Waals surface area contributed by atoms with Crippen molar-refractivity contribution in [2.24, 2.45) is 0 Å². The molecule has 1 heterocycles. The molecule has 2 amide bonds. The number of hydrogen-bond donors (Lipinski definition) is 3. The van der Waals surface area contributed by atoms with E-state index in [-0.39, 0.29) is 33.3 Å². The number of aryl methyl sites for hydroxylation is 1. The Kier molecular flexibility index (Phi) is 7.40. The number of carbonyl (C=O) groups excluding carboxylic acids is 2. The summed E-state index contributed by atoms with van der Waals surface area (Å²) in [6.45, 7) is 2.39. The predicted molar refractivity (Wildman–Crippen MR) is 149 cm³/mol. The molecule has 0 spiro atoms. The summed E-state index contributed by atoms with van der Waals surface area (Å²) in [5, 5.41) is 21.5. The van der Waals surface area contributed by atoms with E-state index in [4.69, 9.17) is 23.2 Å². The van der Waals surface area contributed by atoms with Crippen LogP contribution >= 0.6 is 23.2 Å². The molecule has 0 radical (unpaired) electrons. The van der Waals surface area contributed by atoms with Gasteiger partial charge in [0.15, 0.2) is 0 Å². The molecule has 3 N–H and O–H groups in total. The second-order valence-electron chi connectivity index (χ2n) is 9.42. The molecule has 0 saturated heterocycles. The quantitative estimate of drug-likeness (QED) is 0.238. The molecule has 1 fully saturated rings. The lowest BCUT2D eigenvalue weighted by molar-refractivity contribution is 0.102. The Hall–Kier alpha value is -3.81. The Balaban J connectivity index is 1.37. The van der Waals surface area contributed by atoms with Crippen LogP contribution in [0.4, 0.5) is 10.5 Å². The number of nitrogens with zero attached hydrogens (tertiary/aromatic N) is 2. The molecule has 0 aliphatic heterocycles. The van der Waals surface area contributed by atoms with Gasteiger partial charge in [-0.3, -0.25) is 4.79 Å². The van der Waals surface area contributed by atoms with Crippen LogP contribution in [0.15, 0.2) is 66.7 Å². The molecule has 0 unspecified atom stereocenters. The number of phenols is 1. The summed E-state index contributed by atoms with van der Waals surface area (Å²) in [6.07, 6.45) is 3.07. The predicted octanol–water partition coefficient (Wildman–Crippen LogP) is 7.15. The van der Waals surface area contributed by atoms with Gasteiger partial charge in [-0.2, -0.15) is 9.78 Å². The molecule has 1 saturated carbocycles. The van der Waals surface area contributed by atoms with Crippen molar-refractivity contribution in [3.05, 3.63) is 99.2 Å². The Morgan fingerprint density at radius 2 is 1.76 bits per heavy atom. The van der Waals surface area contributed by atoms with E-state index in [0.717, 1.165) is 36.1 Å². The standard InChI is InChI=1S/C29H26Cl2N4O3/c1-17-5-2-6-18(13-17)16-32-29(38)35-25(19-7-3-8-19)15-24(34-35)21-12-11-20(14-26(21)36)33-28(37)27-22(30)9-4-10-23(27)31/h2,4-6,9-15,19,36H,3,7-8,16H2,1H3,(H,32,38)(H,33,37). The minimum atomic E-state index is -0.491. The number of anilines is 1. The van der Waals surface area contributed by atoms with Gasteiger partial charge in [-0.15, -0.1) is 0 Å². The van der Waals surface area contributed by atoms with Gasteiger partial charge >= 0.3 is 6.03 Å². The van der Waals surface area contributed by atoms with E-state index in [9.17, 15) is 14.7 Å². The van der Waals surface area contributed by atoms with Gasteiger partial charge < -0.3 is 15.7 Å². The van der Waals surface area contributed by atoms with Crippen molar-refractivity contribution >= 4 is 40.8 Å². The fourth-order valence-corrected chi connectivity index (χ4v) is 5.06. The smallest absolute Gasteiger partial charge is 0.342 e. The Morgan fingerprint density at radius 3 is 2.42 bits per heavy atom. The van der Waals surface area contributed by atoms with Gasteiger partial charge in [0.1, 0.15) is 5.75 Å². The van der Waals surface area contributed by atoms with Crippen molar-refractivity contribution in [1.29, 1.82) is 0 Å². The van der Waals surface area contributed by atoms with Crippen molar-refractivity contribution in [2.45, 2.75) is 38.6 Å². The first-order chi connectivity index (χ1) is 18.3. The molecule has 1 aliphatic carbocycles. The van der Waals surface area contributed by atoms with E-state index in [0.29, 0.717) is 23.5 Å². The molecule has 0 atom stereocenters. The first-order valence-electron chi connectivity index (χ1n) is 12.3. The molecule has 1 aliphatic rings. The van der Waals surface area contributed by atoms with Crippen LogP contribution in [0, 0.1) is 6.92 Å². The first-order valence-corrected chi connectivity index (χ1v) is 13.1. The minimum absolute atomic E-state index is 0.0852. The zero-order chi connectivity index (χ0) is 26.8. The molecule has 0 bridgehead atoms. The SMILES string of the molecule is Cc1cccc(CNC(=O)n2nc(-c3ccc(NC(=O)c4c(Cl)cccc4Cl)cc3O)cc2C2CCC2)c1. The lowest BCUT2D eigenvalue weighted by Gasteiger charge is -2.25. The van der Waals surface area contributed by atoms with Crippen LogP contribution in [-0.4, -0.2) is 26.8 Å². The molecule has 1 aromatic heterocycles. The topological polar surface area (TPSA) is 96.3 Å². The molecular weight excluding hydrogens is 523 g/mol. The van der Waals surface area contributed by atoms with E-state index in [1.807, 2.05) is 37.3 Å². The summed E-state index contributed by atoms with van der Waals surface area (Å²) >= 11 is 12.3. The van der Waals surface area contributed by atoms with Crippen LogP contribution in [0.25, 0.3) is 11.3 Å². The van der Waals surface area contributed by atoms with Gasteiger partial charge in [-0.25, -0.2) is 4.79 Å². The molecule has 4 aromatic rings. The number of rotatable bonds is 6. The molecule has 7 nitrogen and oxygen atoms in total. The third-order valence-corrected chi connectivity index (χ3v) is 7.33. The molecule has 3 aromatic carbocycles. The van der Waals surface area contributed by atoms with Gasteiger partial charge in [-0.05, 0) is 55.7 Å². The maximum Gasteiger partial charge on any atom is 0.342 e. The number of benzene rings is 3. The van der Waals surface area contributed by atoms with Crippen LogP contribution in [0.5, 0.6) is 5.75 Å². The number of aromatic hydroxyl groups is 1. The number of nitrogens with one attached hydrogen (secondary N) is 2. The summed E-state index contributed by atoms with van der Waals surface area (Å²) in [4.78, 5) is 25.8. The van der Waals surface area contributed by atoms with Gasteiger partial charge in [0, 0.05) is 29.8 Å². The van der Waals surface area contributed by atoms with E-state index in [1.165, 1.54) is 10.7 Å². The second kappa shape index (κ2) is 10.9. The Bertz CT molecular complexity index is 1510. The highest BCUT2D eigenvalue weighted by molar-refractivity contribution is 6.40. The van der Waals surface area contributed by atoms with Crippen molar-refractivity contribution < 1.29 is 14.7 Å². The summed E-state index contributed by atoms with van der Waals surface area (Å²) in [6, 6.07) is 19.0. The van der Waals surface area contributed by atoms with Crippen LogP contribution in [0.2, 0.25) is 10.0 Å². The largest absolute Gasteiger partial charge is 0.507 e. The van der Waals surface area contributed by atoms with Gasteiger partial charge in [0.25, 0.3) is 5.91 Å². The number of aromatic nitrogens is 2. The van der Waals surface area contributed by atoms with Crippen LogP contribution in [-0.2, 0) is 6.54 Å². The zero-order valence-electron chi connectivity index (χ0n) is 20.7. The van der Waals surface area contributed by atoms with Gasteiger partial charge in [-0.1, -0.05) is 65.5 Å². The van der Waals surface area contributed by atoms with Crippen molar-refractivity contribution in [3.63, 3.8) is 0 Å². The summed E-state index contributed by atoms with van der Waals surface area (Å²) < 4.78 is 1.41. The fraction of sp³-hybridized carbons (Fsp3) is 0.207. The fourth-order valence-electron chi connectivity index (χ4n) is 4.49. The van der Waals surface area contributed by atoms with Crippen LogP contribution < -0.4 is 10.6 Å². The zero-order valence-corrected chi connectivity index (χ0v) is 22.2. The van der Waals surface area contributed by atoms with Crippen LogP contribution in [0.3, 0.4) is 0 Å². The average molecular weight is 549 g/mol. The highest BCUT2D eigenvalue weighted by Crippen LogP contribution is 2.39. The Labute approximate surface area is 230 Å². The molecule has 194 valence electrons. The molecule has 9 heteroatoms. The summed E-state index contributed by atoms with van der Waals surface area (Å²) in [5.74, 6) is -0.338. The van der Waals surface area contributed by atoms with Crippen molar-refractivity contribution in [3.8, 4) is 17.0 Å². The first kappa shape index (κ1) is 25.8. The van der Waals surface area contributed by atoms with E-state index >= 15 is 0 Å². The van der Waals surface area contributed by atoms with E-state index in [2.05, 4.69) is 15.7 Å². The maximum atomic E-state index is 13.1. The number of amides is 2. The third-order valence-electron chi connectivity index (χ3n) is 6.70. The summed E-state index contributed by atoms with van der Waals surface area (Å²) in [5.41, 5.74) is 4.38. The maximum absolute atomic E-state index is 13.1. The van der Waals surface area contributed by atoms with Crippen molar-refractivity contribution in [1.82, 2.24) is 15.1 Å². The van der Waals surface area contributed by atoms with Crippen molar-refractivity contribution in [2.75, 3.05) is 5.32 Å². The highest BCUT2D eigenvalue weighted by atomic mass is 35.5. The Morgan fingerprint density at radius 1 is 1.03 bits per heavy atom. The third kappa shape index (κ3) is 5.39. The second-order valence-corrected chi connectivity index (χ2v) is 10.2. The minimum Gasteiger partial charge on any atom is -0.507 e. The molecule has 5 rings (SSSR count). The summed E-state index contributed by atoms with van der Waals surface area (Å²) in [7, 11) is 0. The average Bonchev–Trinajstić information content (AvgIpc) is 3.26. The molecular formula is C29H26Cl2N4O3. The van der Waals surface area contributed by atoms with E-state index in [1.54, 1.807) is 30.3 Å². The number of hydrogen-bond acceptors (Lipinski definition) is 4. The normalized spacial score (nSPS) is 13.1. The van der Waals surface area contributed by atoms with E-state index < -0.39 is 5.91 Å². The monoisotopic (exact) mass is 548 g/mol. The lowest BCUT2D eigenvalue weighted by atomic mass is 9.82. The number of halogens is 2. The highest BCUT2D eigenvalue weighted by Gasteiger charge is 2.27. The lowest BCUT2D eigenvalue weighted by Crippen LogP contribution is -2.31. The van der Waals surface area contributed by atoms with Crippen LogP contribution in [0.1, 0.15) is 52.4 Å². The van der Waals surface area contributed by atoms with Gasteiger partial charge in [0.05, 0.1) is 27.0 Å². The molecule has 38 heavy (non-hydrogen) atoms. The number of phenolic OH excluding ortho intramolecular Hbond substituents is 1. The van der Waals surface area contributed by atoms with Gasteiger partial charge in [0.2, 0.25) is 0 Å².